The van der Waals surface area contributed by atoms with Crippen LogP contribution in [0.5, 0.6) is 0 Å². The molecule has 0 aromatic carbocycles. The summed E-state index contributed by atoms with van der Waals surface area (Å²) < 4.78 is 0.371. The lowest BCUT2D eigenvalue weighted by molar-refractivity contribution is -0.131. The molecule has 1 heterocycles. The van der Waals surface area contributed by atoms with Crippen molar-refractivity contribution in [1.29, 1.82) is 0 Å². The molecule has 4 heteroatoms. The molecule has 1 fully saturated rings. The van der Waals surface area contributed by atoms with Gasteiger partial charge in [0.05, 0.1) is 4.58 Å². The Morgan fingerprint density at radius 3 is 2.60 bits per heavy atom. The highest BCUT2D eigenvalue weighted by Gasteiger charge is 2.12. The van der Waals surface area contributed by atoms with Crippen molar-refractivity contribution in [2.75, 3.05) is 11.5 Å². The van der Waals surface area contributed by atoms with Gasteiger partial charge < -0.3 is 5.11 Å². The van der Waals surface area contributed by atoms with E-state index in [4.69, 9.17) is 5.11 Å². The zero-order chi connectivity index (χ0) is 7.40. The number of aliphatic carboxylic acids is 1. The van der Waals surface area contributed by atoms with Crippen LogP contribution >= 0.6 is 23.5 Å². The van der Waals surface area contributed by atoms with E-state index < -0.39 is 5.97 Å². The highest BCUT2D eigenvalue weighted by atomic mass is 32.2. The molecule has 0 amide bonds. The Hall–Kier alpha value is -0.0900. The van der Waals surface area contributed by atoms with Crippen LogP contribution in [-0.4, -0.2) is 27.2 Å². The molecule has 0 bridgehead atoms. The van der Waals surface area contributed by atoms with Crippen molar-refractivity contribution in [1.82, 2.24) is 0 Å². The quantitative estimate of drug-likeness (QED) is 0.646. The van der Waals surface area contributed by atoms with Crippen LogP contribution in [0.1, 0.15) is 0 Å². The normalized spacial score (nSPS) is 20.4. The van der Waals surface area contributed by atoms with Crippen LogP contribution in [0.15, 0.2) is 12.2 Å². The summed E-state index contributed by atoms with van der Waals surface area (Å²) in [7, 11) is 0. The fraction of sp³-hybridized carbons (Fsp3) is 0.500. The molecule has 0 saturated carbocycles. The van der Waals surface area contributed by atoms with E-state index in [0.717, 1.165) is 11.5 Å². The highest BCUT2D eigenvalue weighted by molar-refractivity contribution is 8.20. The second-order valence-corrected chi connectivity index (χ2v) is 4.60. The molecule has 0 aromatic heterocycles. The average Bonchev–Trinajstić information content (AvgIpc) is 2.34. The maximum Gasteiger partial charge on any atom is 0.328 e. The van der Waals surface area contributed by atoms with Crippen molar-refractivity contribution in [2.24, 2.45) is 0 Å². The van der Waals surface area contributed by atoms with Crippen molar-refractivity contribution in [2.45, 2.75) is 4.58 Å². The molecule has 1 aliphatic heterocycles. The molecule has 1 rings (SSSR count). The van der Waals surface area contributed by atoms with Gasteiger partial charge in [-0.2, -0.15) is 0 Å². The van der Waals surface area contributed by atoms with E-state index in [-0.39, 0.29) is 0 Å². The lowest BCUT2D eigenvalue weighted by Crippen LogP contribution is -1.90. The molecule has 1 aliphatic rings. The summed E-state index contributed by atoms with van der Waals surface area (Å²) in [5.41, 5.74) is 0. The SMILES string of the molecule is O=C(O)/C=C/C1SCCS1. The largest absolute Gasteiger partial charge is 0.478 e. The van der Waals surface area contributed by atoms with Crippen molar-refractivity contribution < 1.29 is 9.90 Å². The van der Waals surface area contributed by atoms with Crippen LogP contribution in [-0.2, 0) is 4.79 Å². The molecule has 10 heavy (non-hydrogen) atoms. The Morgan fingerprint density at radius 2 is 2.10 bits per heavy atom. The highest BCUT2D eigenvalue weighted by Crippen LogP contribution is 2.32. The second kappa shape index (κ2) is 3.93. The van der Waals surface area contributed by atoms with E-state index >= 15 is 0 Å². The minimum absolute atomic E-state index is 0.371. The van der Waals surface area contributed by atoms with Crippen molar-refractivity contribution >= 4 is 29.5 Å². The monoisotopic (exact) mass is 176 g/mol. The fourth-order valence-corrected chi connectivity index (χ4v) is 3.22. The van der Waals surface area contributed by atoms with Gasteiger partial charge in [-0.05, 0) is 0 Å². The summed E-state index contributed by atoms with van der Waals surface area (Å²) in [4.78, 5) is 10.1. The van der Waals surface area contributed by atoms with Gasteiger partial charge >= 0.3 is 5.97 Å². The predicted octanol–water partition coefficient (Wildman–Crippen LogP) is 1.43. The Morgan fingerprint density at radius 1 is 1.50 bits per heavy atom. The van der Waals surface area contributed by atoms with E-state index in [1.807, 2.05) is 0 Å². The van der Waals surface area contributed by atoms with Crippen LogP contribution < -0.4 is 0 Å². The number of thioether (sulfide) groups is 2. The van der Waals surface area contributed by atoms with Gasteiger partial charge in [-0.1, -0.05) is 6.08 Å². The molecular weight excluding hydrogens is 168 g/mol. The fourth-order valence-electron chi connectivity index (χ4n) is 0.649. The molecule has 0 unspecified atom stereocenters. The smallest absolute Gasteiger partial charge is 0.328 e. The zero-order valence-corrected chi connectivity index (χ0v) is 6.95. The first-order valence-corrected chi connectivity index (χ1v) is 5.03. The standard InChI is InChI=1S/C6H8O2S2/c7-5(8)1-2-6-9-3-4-10-6/h1-2,6H,3-4H2,(H,7,8)/b2-1+. The van der Waals surface area contributed by atoms with Crippen molar-refractivity contribution in [3.8, 4) is 0 Å². The molecule has 0 radical (unpaired) electrons. The average molecular weight is 176 g/mol. The molecule has 56 valence electrons. The van der Waals surface area contributed by atoms with Gasteiger partial charge in [0.15, 0.2) is 0 Å². The van der Waals surface area contributed by atoms with Crippen LogP contribution in [0.2, 0.25) is 0 Å². The third-order valence-electron chi connectivity index (χ3n) is 1.04. The number of carbonyl (C=O) groups is 1. The zero-order valence-electron chi connectivity index (χ0n) is 5.32. The first kappa shape index (κ1) is 8.01. The van der Waals surface area contributed by atoms with E-state index in [1.54, 1.807) is 29.6 Å². The van der Waals surface area contributed by atoms with Crippen LogP contribution in [0.4, 0.5) is 0 Å². The summed E-state index contributed by atoms with van der Waals surface area (Å²) in [6.45, 7) is 0. The molecule has 1 saturated heterocycles. The number of carboxylic acids is 1. The van der Waals surface area contributed by atoms with E-state index in [1.165, 1.54) is 6.08 Å². The van der Waals surface area contributed by atoms with Gasteiger partial charge in [0, 0.05) is 17.6 Å². The lowest BCUT2D eigenvalue weighted by atomic mass is 10.5. The van der Waals surface area contributed by atoms with Gasteiger partial charge in [-0.25, -0.2) is 4.79 Å². The maximum atomic E-state index is 10.1. The number of hydrogen-bond acceptors (Lipinski definition) is 3. The predicted molar refractivity (Wildman–Crippen MR) is 45.5 cm³/mol. The van der Waals surface area contributed by atoms with Gasteiger partial charge in [0.2, 0.25) is 0 Å². The second-order valence-electron chi connectivity index (χ2n) is 1.81. The molecule has 2 nitrogen and oxygen atoms in total. The Labute approximate surface area is 68.1 Å². The minimum atomic E-state index is -0.854. The molecular formula is C6H8O2S2. The third kappa shape index (κ3) is 2.66. The summed E-state index contributed by atoms with van der Waals surface area (Å²) in [5.74, 6) is 1.42. The summed E-state index contributed by atoms with van der Waals surface area (Å²) in [6, 6.07) is 0. The van der Waals surface area contributed by atoms with Gasteiger partial charge in [0.25, 0.3) is 0 Å². The minimum Gasteiger partial charge on any atom is -0.478 e. The van der Waals surface area contributed by atoms with E-state index in [0.29, 0.717) is 4.58 Å². The van der Waals surface area contributed by atoms with Gasteiger partial charge in [-0.3, -0.25) is 0 Å². The molecule has 0 spiro atoms. The first-order valence-electron chi connectivity index (χ1n) is 2.93. The molecule has 1 N–H and O–H groups in total. The summed E-state index contributed by atoms with van der Waals surface area (Å²) >= 11 is 3.59. The Balaban J connectivity index is 2.29. The van der Waals surface area contributed by atoms with Crippen molar-refractivity contribution in [3.05, 3.63) is 12.2 Å². The van der Waals surface area contributed by atoms with Gasteiger partial charge in [0.1, 0.15) is 0 Å². The first-order chi connectivity index (χ1) is 4.79. The summed E-state index contributed by atoms with van der Waals surface area (Å²) in [5, 5.41) is 8.27. The topological polar surface area (TPSA) is 37.3 Å². The van der Waals surface area contributed by atoms with Crippen LogP contribution in [0.25, 0.3) is 0 Å². The number of rotatable bonds is 2. The lowest BCUT2D eigenvalue weighted by Gasteiger charge is -1.96. The number of hydrogen-bond donors (Lipinski definition) is 1. The molecule has 0 aromatic rings. The van der Waals surface area contributed by atoms with E-state index in [2.05, 4.69) is 0 Å². The van der Waals surface area contributed by atoms with Crippen LogP contribution in [0, 0.1) is 0 Å². The summed E-state index contributed by atoms with van der Waals surface area (Å²) in [6.07, 6.45) is 2.96. The van der Waals surface area contributed by atoms with Crippen LogP contribution in [0.3, 0.4) is 0 Å². The molecule has 0 aliphatic carbocycles. The molecule has 0 atom stereocenters. The Kier molecular flexibility index (Phi) is 3.15. The van der Waals surface area contributed by atoms with Gasteiger partial charge in [-0.15, -0.1) is 23.5 Å². The van der Waals surface area contributed by atoms with E-state index in [9.17, 15) is 4.79 Å². The number of carboxylic acid groups (broad SMARTS) is 1. The third-order valence-corrected chi connectivity index (χ3v) is 3.97. The van der Waals surface area contributed by atoms with Crippen molar-refractivity contribution in [3.63, 3.8) is 0 Å². The maximum absolute atomic E-state index is 10.1. The Bertz CT molecular complexity index is 150.